The van der Waals surface area contributed by atoms with Gasteiger partial charge in [-0.25, -0.2) is 0 Å². The Bertz CT molecular complexity index is 632. The zero-order valence-electron chi connectivity index (χ0n) is 8.97. The zero-order chi connectivity index (χ0) is 11.1. The zero-order valence-corrected chi connectivity index (χ0v) is 8.97. The minimum atomic E-state index is 0.726. The van der Waals surface area contributed by atoms with Crippen LogP contribution in [0.25, 0.3) is 21.7 Å². The molecule has 0 aliphatic heterocycles. The van der Waals surface area contributed by atoms with Gasteiger partial charge in [-0.3, -0.25) is 0 Å². The molecule has 2 heteroatoms. The van der Waals surface area contributed by atoms with Crippen molar-refractivity contribution >= 4 is 21.7 Å². The number of hydrogen-bond donors (Lipinski definition) is 0. The Kier molecular flexibility index (Phi) is 1.83. The third-order valence-electron chi connectivity index (χ3n) is 2.98. The van der Waals surface area contributed by atoms with E-state index < -0.39 is 0 Å². The Morgan fingerprint density at radius 2 is 1.81 bits per heavy atom. The predicted molar refractivity (Wildman–Crippen MR) is 65.2 cm³/mol. The fraction of sp³-hybridized carbons (Fsp3) is 0.0714. The first-order valence-corrected chi connectivity index (χ1v) is 5.27. The Labute approximate surface area is 93.3 Å². The molecule has 0 saturated carbocycles. The van der Waals surface area contributed by atoms with E-state index in [9.17, 15) is 5.21 Å². The fourth-order valence-corrected chi connectivity index (χ4v) is 2.12. The second-order valence-corrected chi connectivity index (χ2v) is 4.04. The molecule has 0 saturated heterocycles. The van der Waals surface area contributed by atoms with Gasteiger partial charge in [0.15, 0.2) is 6.20 Å². The van der Waals surface area contributed by atoms with Crippen LogP contribution >= 0.6 is 0 Å². The molecule has 16 heavy (non-hydrogen) atoms. The lowest BCUT2D eigenvalue weighted by Gasteiger charge is -2.05. The molecule has 0 radical (unpaired) electrons. The molecule has 0 bridgehead atoms. The van der Waals surface area contributed by atoms with Crippen LogP contribution in [0, 0.1) is 12.1 Å². The molecule has 0 aliphatic carbocycles. The number of aromatic nitrogens is 1. The van der Waals surface area contributed by atoms with Crippen LogP contribution in [0.4, 0.5) is 0 Å². The summed E-state index contributed by atoms with van der Waals surface area (Å²) in [4.78, 5) is 0. The molecule has 1 heterocycles. The van der Waals surface area contributed by atoms with Crippen LogP contribution in [0.15, 0.2) is 48.7 Å². The molecular formula is C14H11NO. The Balaban J connectivity index is 2.55. The molecule has 0 amide bonds. The molecule has 2 nitrogen and oxygen atoms in total. The first-order valence-electron chi connectivity index (χ1n) is 5.27. The van der Waals surface area contributed by atoms with Crippen molar-refractivity contribution in [1.29, 1.82) is 0 Å². The van der Waals surface area contributed by atoms with E-state index in [0.717, 1.165) is 21.0 Å². The van der Waals surface area contributed by atoms with Crippen LogP contribution in [0.3, 0.4) is 0 Å². The van der Waals surface area contributed by atoms with Gasteiger partial charge < -0.3 is 5.21 Å². The molecule has 0 N–H and O–H groups in total. The summed E-state index contributed by atoms with van der Waals surface area (Å²) < 4.78 is 0.918. The van der Waals surface area contributed by atoms with Gasteiger partial charge in [0, 0.05) is 17.5 Å². The third-order valence-corrected chi connectivity index (χ3v) is 2.98. The lowest BCUT2D eigenvalue weighted by atomic mass is 10.0. The molecule has 1 aromatic heterocycles. The Morgan fingerprint density at radius 3 is 2.69 bits per heavy atom. The molecule has 0 spiro atoms. The molecular weight excluding hydrogens is 198 g/mol. The highest BCUT2D eigenvalue weighted by Crippen LogP contribution is 2.23. The van der Waals surface area contributed by atoms with Crippen LogP contribution in [0.5, 0.6) is 0 Å². The van der Waals surface area contributed by atoms with Crippen LogP contribution in [-0.4, -0.2) is 0 Å². The average Bonchev–Trinajstić information content (AvgIpc) is 2.28. The van der Waals surface area contributed by atoms with Gasteiger partial charge in [0.05, 0.1) is 0 Å². The van der Waals surface area contributed by atoms with Gasteiger partial charge in [-0.1, -0.05) is 18.2 Å². The summed E-state index contributed by atoms with van der Waals surface area (Å²) in [6.07, 6.45) is 1.53. The Morgan fingerprint density at radius 1 is 1.00 bits per heavy atom. The largest absolute Gasteiger partial charge is 0.618 e. The van der Waals surface area contributed by atoms with E-state index in [1.807, 2.05) is 18.2 Å². The number of aryl methyl sites for hydroxylation is 1. The minimum absolute atomic E-state index is 0.726. The van der Waals surface area contributed by atoms with E-state index in [0.29, 0.717) is 0 Å². The number of rotatable bonds is 0. The summed E-state index contributed by atoms with van der Waals surface area (Å²) in [5.74, 6) is 0. The van der Waals surface area contributed by atoms with Gasteiger partial charge in [-0.2, -0.15) is 4.73 Å². The quantitative estimate of drug-likeness (QED) is 0.317. The second kappa shape index (κ2) is 3.20. The summed E-state index contributed by atoms with van der Waals surface area (Å²) >= 11 is 0. The smallest absolute Gasteiger partial charge is 0.224 e. The summed E-state index contributed by atoms with van der Waals surface area (Å²) in [7, 11) is 0. The van der Waals surface area contributed by atoms with Crippen molar-refractivity contribution in [3.63, 3.8) is 0 Å². The van der Waals surface area contributed by atoms with Gasteiger partial charge in [0.2, 0.25) is 5.52 Å². The van der Waals surface area contributed by atoms with Crippen molar-refractivity contribution in [1.82, 2.24) is 0 Å². The minimum Gasteiger partial charge on any atom is -0.618 e. The van der Waals surface area contributed by atoms with E-state index in [-0.39, 0.29) is 0 Å². The maximum Gasteiger partial charge on any atom is 0.224 e. The molecule has 0 aliphatic rings. The van der Waals surface area contributed by atoms with Gasteiger partial charge >= 0.3 is 0 Å². The van der Waals surface area contributed by atoms with Crippen molar-refractivity contribution in [3.05, 3.63) is 59.4 Å². The lowest BCUT2D eigenvalue weighted by molar-refractivity contribution is -0.576. The molecule has 3 aromatic rings. The number of nitrogens with zero attached hydrogens (tertiary/aromatic N) is 1. The maximum atomic E-state index is 11.7. The van der Waals surface area contributed by atoms with Crippen LogP contribution < -0.4 is 4.73 Å². The molecule has 0 atom stereocenters. The van der Waals surface area contributed by atoms with Gasteiger partial charge in [-0.15, -0.1) is 0 Å². The first-order chi connectivity index (χ1) is 7.75. The van der Waals surface area contributed by atoms with E-state index in [2.05, 4.69) is 25.1 Å². The number of benzene rings is 2. The van der Waals surface area contributed by atoms with Crippen LogP contribution in [0.2, 0.25) is 0 Å². The monoisotopic (exact) mass is 209 g/mol. The maximum absolute atomic E-state index is 11.7. The predicted octanol–water partition coefficient (Wildman–Crippen LogP) is 2.93. The number of hydrogen-bond acceptors (Lipinski definition) is 1. The second-order valence-electron chi connectivity index (χ2n) is 4.04. The molecule has 0 fully saturated rings. The Hall–Kier alpha value is -2.09. The van der Waals surface area contributed by atoms with Crippen molar-refractivity contribution in [3.8, 4) is 0 Å². The SMILES string of the molecule is Cc1cccc2cc3ccc[n+]([O-])c3cc12. The summed E-state index contributed by atoms with van der Waals surface area (Å²) in [5, 5.41) is 15.0. The van der Waals surface area contributed by atoms with Gasteiger partial charge in [-0.05, 0) is 35.4 Å². The molecule has 78 valence electrons. The molecule has 2 aromatic carbocycles. The third kappa shape index (κ3) is 1.23. The average molecular weight is 209 g/mol. The standard InChI is InChI=1S/C14H11NO/c1-10-4-2-5-11-8-12-6-3-7-15(16)14(12)9-13(10)11/h2-9H,1H3. The van der Waals surface area contributed by atoms with Crippen molar-refractivity contribution in [2.75, 3.05) is 0 Å². The van der Waals surface area contributed by atoms with Crippen molar-refractivity contribution < 1.29 is 4.73 Å². The number of pyridine rings is 1. The summed E-state index contributed by atoms with van der Waals surface area (Å²) in [6, 6.07) is 13.9. The topological polar surface area (TPSA) is 26.9 Å². The van der Waals surface area contributed by atoms with Crippen molar-refractivity contribution in [2.24, 2.45) is 0 Å². The summed E-state index contributed by atoms with van der Waals surface area (Å²) in [5.41, 5.74) is 1.92. The van der Waals surface area contributed by atoms with Gasteiger partial charge in [0.1, 0.15) is 0 Å². The van der Waals surface area contributed by atoms with Crippen LogP contribution in [-0.2, 0) is 0 Å². The first kappa shape index (κ1) is 9.16. The van der Waals surface area contributed by atoms with E-state index >= 15 is 0 Å². The van der Waals surface area contributed by atoms with Crippen LogP contribution in [0.1, 0.15) is 5.56 Å². The molecule has 0 unspecified atom stereocenters. The van der Waals surface area contributed by atoms with Crippen molar-refractivity contribution in [2.45, 2.75) is 6.92 Å². The highest BCUT2D eigenvalue weighted by Gasteiger charge is 2.05. The van der Waals surface area contributed by atoms with E-state index in [1.54, 1.807) is 6.07 Å². The molecule has 3 rings (SSSR count). The van der Waals surface area contributed by atoms with E-state index in [1.165, 1.54) is 17.1 Å². The lowest BCUT2D eigenvalue weighted by Crippen LogP contribution is -2.25. The van der Waals surface area contributed by atoms with E-state index in [4.69, 9.17) is 0 Å². The summed E-state index contributed by atoms with van der Waals surface area (Å²) in [6.45, 7) is 2.06. The number of fused-ring (bicyclic) bond motifs is 2. The normalized spacial score (nSPS) is 11.1. The highest BCUT2D eigenvalue weighted by atomic mass is 16.5. The van der Waals surface area contributed by atoms with Gasteiger partial charge in [0.25, 0.3) is 0 Å². The highest BCUT2D eigenvalue weighted by molar-refractivity contribution is 5.96. The fourth-order valence-electron chi connectivity index (χ4n) is 2.12.